The van der Waals surface area contributed by atoms with E-state index < -0.39 is 18.3 Å². The van der Waals surface area contributed by atoms with E-state index in [1.807, 2.05) is 43.0 Å². The second-order valence-electron chi connectivity index (χ2n) is 6.87. The first kappa shape index (κ1) is 25.0. The normalized spacial score (nSPS) is 18.4. The van der Waals surface area contributed by atoms with Gasteiger partial charge in [0.05, 0.1) is 12.6 Å². The van der Waals surface area contributed by atoms with Crippen LogP contribution in [0.25, 0.3) is 0 Å². The van der Waals surface area contributed by atoms with E-state index >= 15 is 0 Å². The summed E-state index contributed by atoms with van der Waals surface area (Å²) in [5, 5.41) is 13.5. The van der Waals surface area contributed by atoms with E-state index in [0.29, 0.717) is 38.7 Å². The largest absolute Gasteiger partial charge is 0.403 e. The number of rotatable bonds is 5. The van der Waals surface area contributed by atoms with Crippen LogP contribution >= 0.6 is 24.0 Å². The van der Waals surface area contributed by atoms with Crippen molar-refractivity contribution in [3.8, 4) is 0 Å². The lowest BCUT2D eigenvalue weighted by Gasteiger charge is -2.39. The molecular formula is C19H30F3IN4O. The quantitative estimate of drug-likeness (QED) is 0.360. The number of aryl methyl sites for hydroxylation is 1. The van der Waals surface area contributed by atoms with Crippen LogP contribution in [-0.2, 0) is 0 Å². The summed E-state index contributed by atoms with van der Waals surface area (Å²) in [6, 6.07) is 6.19. The van der Waals surface area contributed by atoms with Crippen LogP contribution in [0.15, 0.2) is 29.3 Å². The van der Waals surface area contributed by atoms with Gasteiger partial charge in [-0.3, -0.25) is 9.89 Å². The molecule has 28 heavy (non-hydrogen) atoms. The van der Waals surface area contributed by atoms with Gasteiger partial charge in [-0.2, -0.15) is 13.2 Å². The number of piperazine rings is 1. The van der Waals surface area contributed by atoms with Crippen molar-refractivity contribution in [1.29, 1.82) is 0 Å². The van der Waals surface area contributed by atoms with Crippen LogP contribution in [0.2, 0.25) is 0 Å². The fourth-order valence-electron chi connectivity index (χ4n) is 3.11. The van der Waals surface area contributed by atoms with Gasteiger partial charge in [0.15, 0.2) is 5.96 Å². The van der Waals surface area contributed by atoms with Gasteiger partial charge in [-0.15, -0.1) is 24.0 Å². The van der Waals surface area contributed by atoms with Gasteiger partial charge in [0.1, 0.15) is 6.04 Å². The van der Waals surface area contributed by atoms with Crippen LogP contribution in [0.4, 0.5) is 13.2 Å². The molecule has 0 amide bonds. The molecule has 1 saturated heterocycles. The van der Waals surface area contributed by atoms with Gasteiger partial charge in [-0.1, -0.05) is 29.8 Å². The molecule has 0 radical (unpaired) electrons. The monoisotopic (exact) mass is 514 g/mol. The molecule has 1 heterocycles. The second kappa shape index (κ2) is 11.2. The lowest BCUT2D eigenvalue weighted by Crippen LogP contribution is -2.56. The maximum absolute atomic E-state index is 12.9. The second-order valence-corrected chi connectivity index (χ2v) is 6.87. The first-order valence-electron chi connectivity index (χ1n) is 9.31. The molecule has 9 heteroatoms. The van der Waals surface area contributed by atoms with Crippen LogP contribution in [0.5, 0.6) is 0 Å². The van der Waals surface area contributed by atoms with Gasteiger partial charge < -0.3 is 15.3 Å². The Hall–Kier alpha value is -1.07. The third kappa shape index (κ3) is 7.07. The van der Waals surface area contributed by atoms with E-state index in [-0.39, 0.29) is 30.5 Å². The Labute approximate surface area is 182 Å². The number of hydrogen-bond acceptors (Lipinski definition) is 3. The van der Waals surface area contributed by atoms with Crippen molar-refractivity contribution in [1.82, 2.24) is 15.1 Å². The number of halogens is 4. The van der Waals surface area contributed by atoms with Gasteiger partial charge in [0.2, 0.25) is 0 Å². The molecule has 0 bridgehead atoms. The number of aliphatic hydroxyl groups is 1. The predicted molar refractivity (Wildman–Crippen MR) is 116 cm³/mol. The maximum atomic E-state index is 12.9. The minimum atomic E-state index is -4.21. The van der Waals surface area contributed by atoms with Gasteiger partial charge in [-0.25, -0.2) is 0 Å². The molecule has 1 fully saturated rings. The Morgan fingerprint density at radius 1 is 1.25 bits per heavy atom. The van der Waals surface area contributed by atoms with E-state index in [9.17, 15) is 18.3 Å². The summed E-state index contributed by atoms with van der Waals surface area (Å²) in [5.41, 5.74) is 1.87. The fraction of sp³-hybridized carbons (Fsp3) is 0.632. The van der Waals surface area contributed by atoms with Crippen LogP contribution in [0.3, 0.4) is 0 Å². The molecule has 1 aromatic rings. The summed E-state index contributed by atoms with van der Waals surface area (Å²) in [7, 11) is 0. The summed E-state index contributed by atoms with van der Waals surface area (Å²) < 4.78 is 38.7. The number of aliphatic imine (C=N–C) groups is 1. The summed E-state index contributed by atoms with van der Waals surface area (Å²) in [5.74, 6) is 0.628. The minimum absolute atomic E-state index is 0. The summed E-state index contributed by atoms with van der Waals surface area (Å²) in [4.78, 5) is 7.90. The molecule has 1 aliphatic heterocycles. The SMILES string of the molecule is CCNC(=NCC(O)c1cccc(C)c1)N1CCN(C(C)C(F)(F)F)CC1.I. The molecule has 2 atom stereocenters. The highest BCUT2D eigenvalue weighted by atomic mass is 127. The topological polar surface area (TPSA) is 51.1 Å². The van der Waals surface area contributed by atoms with Crippen LogP contribution in [-0.4, -0.2) is 72.4 Å². The van der Waals surface area contributed by atoms with Crippen LogP contribution < -0.4 is 5.32 Å². The molecule has 5 nitrogen and oxygen atoms in total. The van der Waals surface area contributed by atoms with E-state index in [2.05, 4.69) is 10.3 Å². The number of benzene rings is 1. The van der Waals surface area contributed by atoms with Crippen molar-refractivity contribution in [2.75, 3.05) is 39.3 Å². The lowest BCUT2D eigenvalue weighted by atomic mass is 10.1. The molecule has 0 aromatic heterocycles. The van der Waals surface area contributed by atoms with Crippen molar-refractivity contribution >= 4 is 29.9 Å². The van der Waals surface area contributed by atoms with Crippen molar-refractivity contribution in [2.45, 2.75) is 39.1 Å². The number of nitrogens with one attached hydrogen (secondary N) is 1. The highest BCUT2D eigenvalue weighted by Crippen LogP contribution is 2.25. The summed E-state index contributed by atoms with van der Waals surface area (Å²) in [6.07, 6.45) is -4.93. The molecule has 0 aliphatic carbocycles. The summed E-state index contributed by atoms with van der Waals surface area (Å²) in [6.45, 7) is 7.53. The number of aliphatic hydroxyl groups excluding tert-OH is 1. The van der Waals surface area contributed by atoms with Crippen LogP contribution in [0.1, 0.15) is 31.1 Å². The molecule has 2 N–H and O–H groups in total. The zero-order valence-corrected chi connectivity index (χ0v) is 18.9. The zero-order valence-electron chi connectivity index (χ0n) is 16.5. The molecular weight excluding hydrogens is 484 g/mol. The van der Waals surface area contributed by atoms with E-state index in [0.717, 1.165) is 11.1 Å². The Bertz CT molecular complexity index is 634. The molecule has 1 aromatic carbocycles. The van der Waals surface area contributed by atoms with E-state index in [1.165, 1.54) is 11.8 Å². The molecule has 2 unspecified atom stereocenters. The molecule has 1 aliphatic rings. The third-order valence-corrected chi connectivity index (χ3v) is 4.81. The number of nitrogens with zero attached hydrogens (tertiary/aromatic N) is 3. The zero-order chi connectivity index (χ0) is 20.0. The molecule has 0 spiro atoms. The molecule has 0 saturated carbocycles. The van der Waals surface area contributed by atoms with Gasteiger partial charge >= 0.3 is 6.18 Å². The maximum Gasteiger partial charge on any atom is 0.403 e. The predicted octanol–water partition coefficient (Wildman–Crippen LogP) is 3.18. The van der Waals surface area contributed by atoms with Gasteiger partial charge in [-0.05, 0) is 26.3 Å². The van der Waals surface area contributed by atoms with Crippen LogP contribution in [0, 0.1) is 6.92 Å². The highest BCUT2D eigenvalue weighted by Gasteiger charge is 2.41. The molecule has 160 valence electrons. The first-order chi connectivity index (χ1) is 12.7. The molecule has 2 rings (SSSR count). The van der Waals surface area contributed by atoms with E-state index in [4.69, 9.17) is 0 Å². The third-order valence-electron chi connectivity index (χ3n) is 4.81. The Kier molecular flexibility index (Phi) is 9.99. The number of alkyl halides is 3. The standard InChI is InChI=1S/C19H29F3N4O.HI/c1-4-23-18(24-13-17(27)16-7-5-6-14(2)12-16)26-10-8-25(9-11-26)15(3)19(20,21)22;/h5-7,12,15,17,27H,4,8-11,13H2,1-3H3,(H,23,24);1H. The van der Waals surface area contributed by atoms with Crippen molar-refractivity contribution in [3.63, 3.8) is 0 Å². The number of hydrogen-bond donors (Lipinski definition) is 2. The summed E-state index contributed by atoms with van der Waals surface area (Å²) >= 11 is 0. The Morgan fingerprint density at radius 2 is 1.89 bits per heavy atom. The van der Waals surface area contributed by atoms with Crippen molar-refractivity contribution < 1.29 is 18.3 Å². The Morgan fingerprint density at radius 3 is 2.43 bits per heavy atom. The number of guanidine groups is 1. The highest BCUT2D eigenvalue weighted by molar-refractivity contribution is 14.0. The van der Waals surface area contributed by atoms with E-state index in [1.54, 1.807) is 0 Å². The smallest absolute Gasteiger partial charge is 0.386 e. The lowest BCUT2D eigenvalue weighted by molar-refractivity contribution is -0.181. The van der Waals surface area contributed by atoms with Gasteiger partial charge in [0, 0.05) is 32.7 Å². The fourth-order valence-corrected chi connectivity index (χ4v) is 3.11. The van der Waals surface area contributed by atoms with Gasteiger partial charge in [0.25, 0.3) is 0 Å². The average molecular weight is 514 g/mol. The minimum Gasteiger partial charge on any atom is -0.386 e. The Balaban J connectivity index is 0.00000392. The van der Waals surface area contributed by atoms with Crippen molar-refractivity contribution in [3.05, 3.63) is 35.4 Å². The average Bonchev–Trinajstić information content (AvgIpc) is 2.63. The van der Waals surface area contributed by atoms with Crippen molar-refractivity contribution in [2.24, 2.45) is 4.99 Å². The first-order valence-corrected chi connectivity index (χ1v) is 9.31.